The molecule has 0 spiro atoms. The Morgan fingerprint density at radius 3 is 2.15 bits per heavy atom. The fraction of sp³-hybridized carbons (Fsp3) is 0.333. The minimum absolute atomic E-state index is 0.0559. The van der Waals surface area contributed by atoms with E-state index in [1.165, 1.54) is 0 Å². The first-order valence-electron chi connectivity index (χ1n) is 10.9. The maximum absolute atomic E-state index is 12.9. The van der Waals surface area contributed by atoms with E-state index in [1.54, 1.807) is 42.5 Å². The van der Waals surface area contributed by atoms with Gasteiger partial charge in [0.05, 0.1) is 6.04 Å². The number of carbonyl (C=O) groups is 4. The number of benzene rings is 2. The summed E-state index contributed by atoms with van der Waals surface area (Å²) in [5, 5.41) is 17.8. The van der Waals surface area contributed by atoms with E-state index in [2.05, 4.69) is 16.0 Å². The summed E-state index contributed by atoms with van der Waals surface area (Å²) < 4.78 is 5.09. The van der Waals surface area contributed by atoms with Gasteiger partial charge in [-0.1, -0.05) is 74.0 Å². The highest BCUT2D eigenvalue weighted by atomic mass is 16.5. The first kappa shape index (κ1) is 26.6. The molecule has 0 aromatic heterocycles. The van der Waals surface area contributed by atoms with Crippen LogP contribution in [0.15, 0.2) is 60.7 Å². The van der Waals surface area contributed by atoms with E-state index in [-0.39, 0.29) is 13.0 Å². The molecule has 3 atom stereocenters. The van der Waals surface area contributed by atoms with Crippen LogP contribution in [0.5, 0.6) is 0 Å². The van der Waals surface area contributed by atoms with E-state index >= 15 is 0 Å². The number of amides is 3. The first-order valence-corrected chi connectivity index (χ1v) is 10.9. The average Bonchev–Trinajstić information content (AvgIpc) is 2.84. The van der Waals surface area contributed by atoms with E-state index < -0.39 is 48.3 Å². The Hall–Kier alpha value is -3.66. The van der Waals surface area contributed by atoms with Crippen LogP contribution < -0.4 is 16.0 Å². The van der Waals surface area contributed by atoms with Gasteiger partial charge in [0.2, 0.25) is 13.8 Å². The molecule has 0 saturated carbocycles. The lowest BCUT2D eigenvalue weighted by molar-refractivity contribution is -0.146. The number of aliphatic hydroxyl groups is 1. The fourth-order valence-electron chi connectivity index (χ4n) is 3.21. The van der Waals surface area contributed by atoms with Crippen molar-refractivity contribution in [3.8, 4) is 0 Å². The molecule has 0 aliphatic rings. The molecule has 2 aromatic rings. The lowest BCUT2D eigenvalue weighted by atomic mass is 10.0. The number of esters is 1. The van der Waals surface area contributed by atoms with Gasteiger partial charge in [0.25, 0.3) is 5.91 Å². The van der Waals surface area contributed by atoms with Crippen LogP contribution in [0.25, 0.3) is 0 Å². The quantitative estimate of drug-likeness (QED) is 0.274. The fourth-order valence-corrected chi connectivity index (χ4v) is 3.21. The predicted octanol–water partition coefficient (Wildman–Crippen LogP) is 1.11. The Morgan fingerprint density at radius 1 is 0.941 bits per heavy atom. The molecule has 0 saturated heterocycles. The normalized spacial score (nSPS) is 13.1. The van der Waals surface area contributed by atoms with Crippen LogP contribution in [0.1, 0.15) is 36.9 Å². The van der Waals surface area contributed by atoms with Crippen LogP contribution in [-0.4, -0.2) is 55.2 Å². The van der Waals surface area contributed by atoms with Gasteiger partial charge in [0.15, 0.2) is 11.9 Å². The third-order valence-corrected chi connectivity index (χ3v) is 4.91. The molecule has 4 N–H and O–H groups in total. The van der Waals surface area contributed by atoms with Gasteiger partial charge in [-0.05, 0) is 17.5 Å². The maximum atomic E-state index is 12.9. The monoisotopic (exact) mass is 465 g/mol. The van der Waals surface area contributed by atoms with Crippen LogP contribution >= 0.6 is 0 Å². The second-order valence-electron chi connectivity index (χ2n) is 7.56. The lowest BCUT2D eigenvalue weighted by Gasteiger charge is -2.26. The number of hydrogen-bond donors (Lipinski definition) is 4. The predicted molar refractivity (Wildman–Crippen MR) is 126 cm³/mol. The SMILES string of the molecule is [B]C(=O)N[C@H](C(=O)NC(CCC)C(O)C(=O)NCC(=O)OCc1ccccc1)c1ccccc1. The summed E-state index contributed by atoms with van der Waals surface area (Å²) in [6.45, 7) is 1.44. The molecule has 34 heavy (non-hydrogen) atoms. The number of rotatable bonds is 12. The second kappa shape index (κ2) is 13.8. The van der Waals surface area contributed by atoms with E-state index in [1.807, 2.05) is 25.1 Å². The minimum Gasteiger partial charge on any atom is -0.460 e. The van der Waals surface area contributed by atoms with Gasteiger partial charge in [-0.25, -0.2) is 0 Å². The maximum Gasteiger partial charge on any atom is 0.325 e. The largest absolute Gasteiger partial charge is 0.460 e. The summed E-state index contributed by atoms with van der Waals surface area (Å²) >= 11 is 0. The van der Waals surface area contributed by atoms with E-state index in [9.17, 15) is 24.3 Å². The Morgan fingerprint density at radius 2 is 1.56 bits per heavy atom. The summed E-state index contributed by atoms with van der Waals surface area (Å²) in [4.78, 5) is 48.6. The van der Waals surface area contributed by atoms with Crippen molar-refractivity contribution in [1.82, 2.24) is 16.0 Å². The lowest BCUT2D eigenvalue weighted by Crippen LogP contribution is -2.53. The molecule has 178 valence electrons. The smallest absolute Gasteiger partial charge is 0.325 e. The number of nitrogens with one attached hydrogen (secondary N) is 3. The van der Waals surface area contributed by atoms with Crippen molar-refractivity contribution < 1.29 is 29.0 Å². The molecule has 0 bridgehead atoms. The molecule has 0 heterocycles. The highest BCUT2D eigenvalue weighted by Crippen LogP contribution is 2.14. The molecule has 2 rings (SSSR count). The van der Waals surface area contributed by atoms with Gasteiger partial charge in [-0.15, -0.1) is 0 Å². The topological polar surface area (TPSA) is 134 Å². The van der Waals surface area contributed by atoms with E-state index in [0.29, 0.717) is 12.0 Å². The third kappa shape index (κ3) is 8.70. The zero-order valence-corrected chi connectivity index (χ0v) is 18.9. The standard InChI is InChI=1S/C24H28BN3O6/c1-2-9-18(27-22(31)20(28-24(25)33)17-12-7-4-8-13-17)21(30)23(32)26-14-19(29)34-15-16-10-5-3-6-11-16/h3-8,10-13,18,20-21,30H,2,9,14-15H2,1H3,(H,26,32)(H,27,31)(H,28,33)/t18?,20-,21?/m0/s1. The van der Waals surface area contributed by atoms with Gasteiger partial charge in [-0.2, -0.15) is 0 Å². The van der Waals surface area contributed by atoms with Gasteiger partial charge in [0.1, 0.15) is 19.2 Å². The van der Waals surface area contributed by atoms with Gasteiger partial charge >= 0.3 is 5.97 Å². The molecule has 0 aliphatic heterocycles. The summed E-state index contributed by atoms with van der Waals surface area (Å²) in [7, 11) is 5.21. The molecule has 3 amide bonds. The highest BCUT2D eigenvalue weighted by Gasteiger charge is 2.30. The molecule has 0 fully saturated rings. The van der Waals surface area contributed by atoms with Crippen molar-refractivity contribution in [1.29, 1.82) is 0 Å². The summed E-state index contributed by atoms with van der Waals surface area (Å²) in [5.41, 5.74) is 1.28. The van der Waals surface area contributed by atoms with Crippen LogP contribution in [0.3, 0.4) is 0 Å². The number of carbonyl (C=O) groups excluding carboxylic acids is 4. The zero-order chi connectivity index (χ0) is 24.9. The molecular weight excluding hydrogens is 437 g/mol. The Kier molecular flexibility index (Phi) is 10.8. The Bertz CT molecular complexity index is 958. The molecule has 10 heteroatoms. The second-order valence-corrected chi connectivity index (χ2v) is 7.56. The van der Waals surface area contributed by atoms with Crippen molar-refractivity contribution in [2.24, 2.45) is 0 Å². The number of hydrogen-bond acceptors (Lipinski definition) is 6. The van der Waals surface area contributed by atoms with E-state index in [4.69, 9.17) is 12.6 Å². The van der Waals surface area contributed by atoms with Crippen LogP contribution in [0.2, 0.25) is 0 Å². The average molecular weight is 465 g/mol. The zero-order valence-electron chi connectivity index (χ0n) is 18.9. The first-order chi connectivity index (χ1) is 16.3. The Balaban J connectivity index is 1.95. The summed E-state index contributed by atoms with van der Waals surface area (Å²) in [5.74, 6) is -3.05. The van der Waals surface area contributed by atoms with E-state index in [0.717, 1.165) is 5.56 Å². The minimum atomic E-state index is -1.63. The summed E-state index contributed by atoms with van der Waals surface area (Å²) in [6.07, 6.45) is -0.805. The number of ether oxygens (including phenoxy) is 1. The van der Waals surface area contributed by atoms with Gasteiger partial charge in [-0.3, -0.25) is 19.2 Å². The van der Waals surface area contributed by atoms with Crippen LogP contribution in [0.4, 0.5) is 4.79 Å². The molecule has 2 radical (unpaired) electrons. The van der Waals surface area contributed by atoms with Crippen molar-refractivity contribution in [3.63, 3.8) is 0 Å². The van der Waals surface area contributed by atoms with Crippen molar-refractivity contribution in [2.45, 2.75) is 44.6 Å². The van der Waals surface area contributed by atoms with Crippen molar-refractivity contribution in [2.75, 3.05) is 6.54 Å². The number of aliphatic hydroxyl groups excluding tert-OH is 1. The molecule has 9 nitrogen and oxygen atoms in total. The van der Waals surface area contributed by atoms with Crippen molar-refractivity contribution >= 4 is 31.4 Å². The highest BCUT2D eigenvalue weighted by molar-refractivity contribution is 6.57. The van der Waals surface area contributed by atoms with Gasteiger partial charge < -0.3 is 25.8 Å². The molecule has 2 aromatic carbocycles. The third-order valence-electron chi connectivity index (χ3n) is 4.91. The molecule has 2 unspecified atom stereocenters. The van der Waals surface area contributed by atoms with Crippen LogP contribution in [0, 0.1) is 0 Å². The van der Waals surface area contributed by atoms with Crippen LogP contribution in [-0.2, 0) is 25.7 Å². The molecular formula is C24H28BN3O6. The summed E-state index contributed by atoms with van der Waals surface area (Å²) in [6, 6.07) is 15.4. The Labute approximate surface area is 199 Å². The van der Waals surface area contributed by atoms with Gasteiger partial charge in [0, 0.05) is 0 Å². The molecule has 0 aliphatic carbocycles. The van der Waals surface area contributed by atoms with Crippen molar-refractivity contribution in [3.05, 3.63) is 71.8 Å².